The average Bonchev–Trinajstić information content (AvgIpc) is 3.43. The van der Waals surface area contributed by atoms with Gasteiger partial charge in [-0.15, -0.1) is 11.3 Å². The molecule has 1 aromatic carbocycles. The van der Waals surface area contributed by atoms with Crippen molar-refractivity contribution in [3.05, 3.63) is 82.2 Å². The molecule has 1 saturated heterocycles. The van der Waals surface area contributed by atoms with E-state index in [0.717, 1.165) is 55.0 Å². The van der Waals surface area contributed by atoms with Crippen molar-refractivity contribution in [2.75, 3.05) is 43.7 Å². The molecule has 0 bridgehead atoms. The van der Waals surface area contributed by atoms with Gasteiger partial charge < -0.3 is 15.0 Å². The molecular formula is C28H34N4O4S. The maximum atomic E-state index is 12.7. The number of allylic oxidation sites excluding steroid dienone is 2. The van der Waals surface area contributed by atoms with E-state index < -0.39 is 0 Å². The predicted molar refractivity (Wildman–Crippen MR) is 148 cm³/mol. The van der Waals surface area contributed by atoms with Crippen LogP contribution < -0.4 is 15.7 Å². The first-order valence-corrected chi connectivity index (χ1v) is 13.4. The molecule has 196 valence electrons. The molecule has 8 nitrogen and oxygen atoms in total. The van der Waals surface area contributed by atoms with Gasteiger partial charge in [-0.25, -0.2) is 4.79 Å². The fourth-order valence-corrected chi connectivity index (χ4v) is 5.47. The van der Waals surface area contributed by atoms with E-state index in [1.165, 1.54) is 4.88 Å². The minimum absolute atomic E-state index is 0.0254. The number of hydrogen-bond acceptors (Lipinski definition) is 7. The minimum Gasteiger partial charge on any atom is -0.444 e. The summed E-state index contributed by atoms with van der Waals surface area (Å²) in [5.41, 5.74) is 6.96. The molecule has 4 rings (SSSR count). The third-order valence-electron chi connectivity index (χ3n) is 6.59. The molecule has 1 aromatic heterocycles. The normalized spacial score (nSPS) is 16.8. The summed E-state index contributed by atoms with van der Waals surface area (Å²) in [5.74, 6) is -0.120. The molecule has 0 aliphatic carbocycles. The third-order valence-corrected chi connectivity index (χ3v) is 7.52. The summed E-state index contributed by atoms with van der Waals surface area (Å²) >= 11 is 1.69. The number of carbonyl (C=O) groups is 2. The Morgan fingerprint density at radius 1 is 1.30 bits per heavy atom. The summed E-state index contributed by atoms with van der Waals surface area (Å²) < 4.78 is 5.42. The molecule has 0 saturated carbocycles. The maximum absolute atomic E-state index is 12.7. The van der Waals surface area contributed by atoms with Gasteiger partial charge in [0.1, 0.15) is 6.61 Å². The van der Waals surface area contributed by atoms with Crippen LogP contribution in [0.1, 0.15) is 35.0 Å². The summed E-state index contributed by atoms with van der Waals surface area (Å²) in [7, 11) is 1.55. The number of amides is 2. The Morgan fingerprint density at radius 2 is 2.11 bits per heavy atom. The SMILES string of the molecule is C=CC1=C(/C=C\C)N(C2CCN(c3ccc(C(=O)NCCc4cccs4)cc3NOC)CC2)C(=O)OC1. The number of ether oxygens (including phenoxy) is 1. The van der Waals surface area contributed by atoms with E-state index in [9.17, 15) is 9.59 Å². The van der Waals surface area contributed by atoms with E-state index >= 15 is 0 Å². The van der Waals surface area contributed by atoms with Gasteiger partial charge in [0.15, 0.2) is 0 Å². The number of nitrogens with zero attached hydrogens (tertiary/aromatic N) is 2. The first-order valence-electron chi connectivity index (χ1n) is 12.5. The number of thiophene rings is 1. The van der Waals surface area contributed by atoms with Crippen LogP contribution in [0.4, 0.5) is 16.2 Å². The predicted octanol–water partition coefficient (Wildman–Crippen LogP) is 5.13. The highest BCUT2D eigenvalue weighted by atomic mass is 32.1. The maximum Gasteiger partial charge on any atom is 0.414 e. The summed E-state index contributed by atoms with van der Waals surface area (Å²) in [6, 6.07) is 9.72. The highest BCUT2D eigenvalue weighted by Crippen LogP contribution is 2.33. The van der Waals surface area contributed by atoms with Crippen LogP contribution in [0, 0.1) is 0 Å². The molecule has 1 fully saturated rings. The van der Waals surface area contributed by atoms with Crippen molar-refractivity contribution < 1.29 is 19.2 Å². The Bertz CT molecular complexity index is 1170. The van der Waals surface area contributed by atoms with E-state index in [2.05, 4.69) is 28.3 Å². The number of anilines is 2. The zero-order valence-corrected chi connectivity index (χ0v) is 22.2. The molecule has 0 radical (unpaired) electrons. The van der Waals surface area contributed by atoms with Gasteiger partial charge >= 0.3 is 6.09 Å². The molecular weight excluding hydrogens is 488 g/mol. The van der Waals surface area contributed by atoms with E-state index in [0.29, 0.717) is 12.1 Å². The number of hydrogen-bond donors (Lipinski definition) is 2. The smallest absolute Gasteiger partial charge is 0.414 e. The number of cyclic esters (lactones) is 1. The third kappa shape index (κ3) is 6.23. The Labute approximate surface area is 222 Å². The Balaban J connectivity index is 1.43. The van der Waals surface area contributed by atoms with Crippen LogP contribution in [0.5, 0.6) is 0 Å². The monoisotopic (exact) mass is 522 g/mol. The average molecular weight is 523 g/mol. The highest BCUT2D eigenvalue weighted by Gasteiger charge is 2.34. The van der Waals surface area contributed by atoms with Crippen LogP contribution in [-0.4, -0.2) is 56.3 Å². The standard InChI is InChI=1S/C28H34N4O4S/c1-4-7-25-20(5-2)19-36-28(34)32(25)22-12-15-31(16-13-22)26-10-9-21(18-24(26)30-35-3)27(33)29-14-11-23-8-6-17-37-23/h4-10,17-18,22,30H,2,11-16,19H2,1,3H3,(H,29,33)/b7-4-. The second kappa shape index (κ2) is 12.6. The number of benzene rings is 1. The van der Waals surface area contributed by atoms with E-state index in [-0.39, 0.29) is 24.6 Å². The van der Waals surface area contributed by atoms with Gasteiger partial charge in [-0.3, -0.25) is 20.0 Å². The lowest BCUT2D eigenvalue weighted by atomic mass is 9.99. The van der Waals surface area contributed by atoms with Crippen molar-refractivity contribution in [1.29, 1.82) is 0 Å². The molecule has 3 heterocycles. The second-order valence-corrected chi connectivity index (χ2v) is 9.91. The molecule has 2 aliphatic heterocycles. The summed E-state index contributed by atoms with van der Waals surface area (Å²) in [5, 5.41) is 5.03. The van der Waals surface area contributed by atoms with E-state index in [4.69, 9.17) is 9.57 Å². The van der Waals surface area contributed by atoms with Gasteiger partial charge in [0.05, 0.1) is 24.2 Å². The van der Waals surface area contributed by atoms with Crippen molar-refractivity contribution in [3.63, 3.8) is 0 Å². The fraction of sp³-hybridized carbons (Fsp3) is 0.357. The van der Waals surface area contributed by atoms with Crippen molar-refractivity contribution >= 4 is 34.7 Å². The Morgan fingerprint density at radius 3 is 2.78 bits per heavy atom. The van der Waals surface area contributed by atoms with Crippen LogP contribution in [0.2, 0.25) is 0 Å². The first-order chi connectivity index (χ1) is 18.0. The van der Waals surface area contributed by atoms with Gasteiger partial charge in [-0.05, 0) is 61.9 Å². The number of rotatable bonds is 10. The molecule has 0 atom stereocenters. The molecule has 2 N–H and O–H groups in total. The van der Waals surface area contributed by atoms with Crippen molar-refractivity contribution in [2.45, 2.75) is 32.2 Å². The van der Waals surface area contributed by atoms with Crippen molar-refractivity contribution in [2.24, 2.45) is 0 Å². The zero-order valence-electron chi connectivity index (χ0n) is 21.4. The lowest BCUT2D eigenvalue weighted by Gasteiger charge is -2.41. The molecule has 0 spiro atoms. The van der Waals surface area contributed by atoms with Crippen molar-refractivity contribution in [3.8, 4) is 0 Å². The van der Waals surface area contributed by atoms with Crippen LogP contribution in [0.3, 0.4) is 0 Å². The highest BCUT2D eigenvalue weighted by molar-refractivity contribution is 7.09. The van der Waals surface area contributed by atoms with Gasteiger partial charge in [0.25, 0.3) is 5.91 Å². The molecule has 9 heteroatoms. The summed E-state index contributed by atoms with van der Waals surface area (Å²) in [4.78, 5) is 35.9. The number of nitrogens with one attached hydrogen (secondary N) is 2. The molecule has 0 unspecified atom stereocenters. The van der Waals surface area contributed by atoms with Gasteiger partial charge in [0, 0.05) is 41.7 Å². The first kappa shape index (κ1) is 26.5. The van der Waals surface area contributed by atoms with E-state index in [1.807, 2.05) is 48.7 Å². The molecule has 2 aliphatic rings. The Kier molecular flexibility index (Phi) is 9.03. The van der Waals surface area contributed by atoms with Crippen LogP contribution in [0.15, 0.2) is 71.8 Å². The van der Waals surface area contributed by atoms with Gasteiger partial charge in [-0.2, -0.15) is 0 Å². The molecule has 2 amide bonds. The van der Waals surface area contributed by atoms with E-state index in [1.54, 1.807) is 29.4 Å². The Hall–Kier alpha value is -3.56. The number of carbonyl (C=O) groups excluding carboxylic acids is 2. The molecule has 37 heavy (non-hydrogen) atoms. The lowest BCUT2D eigenvalue weighted by molar-refractivity contribution is 0.0925. The zero-order chi connectivity index (χ0) is 26.2. The van der Waals surface area contributed by atoms with Gasteiger partial charge in [0.2, 0.25) is 0 Å². The van der Waals surface area contributed by atoms with Gasteiger partial charge in [-0.1, -0.05) is 24.8 Å². The van der Waals surface area contributed by atoms with Crippen LogP contribution in [-0.2, 0) is 16.0 Å². The van der Waals surface area contributed by atoms with Crippen LogP contribution >= 0.6 is 11.3 Å². The number of piperidine rings is 1. The quantitative estimate of drug-likeness (QED) is 0.421. The second-order valence-electron chi connectivity index (χ2n) is 8.88. The van der Waals surface area contributed by atoms with Crippen molar-refractivity contribution in [1.82, 2.24) is 10.2 Å². The minimum atomic E-state index is -0.312. The topological polar surface area (TPSA) is 83.1 Å². The largest absolute Gasteiger partial charge is 0.444 e. The summed E-state index contributed by atoms with van der Waals surface area (Å²) in [6.07, 6.45) is 7.69. The summed E-state index contributed by atoms with van der Waals surface area (Å²) in [6.45, 7) is 8.13. The lowest BCUT2D eigenvalue weighted by Crippen LogP contribution is -2.49. The molecule has 2 aromatic rings. The van der Waals surface area contributed by atoms with Crippen LogP contribution in [0.25, 0.3) is 0 Å². The fourth-order valence-electron chi connectivity index (χ4n) is 4.76.